The lowest BCUT2D eigenvalue weighted by Gasteiger charge is -2.10. The average Bonchev–Trinajstić information content (AvgIpc) is 2.40. The van der Waals surface area contributed by atoms with Crippen molar-refractivity contribution in [1.29, 1.82) is 0 Å². The van der Waals surface area contributed by atoms with Gasteiger partial charge in [0.15, 0.2) is 5.78 Å². The Morgan fingerprint density at radius 2 is 2.00 bits per heavy atom. The van der Waals surface area contributed by atoms with Gasteiger partial charge in [-0.15, -0.1) is 0 Å². The lowest BCUT2D eigenvalue weighted by atomic mass is 10.00. The van der Waals surface area contributed by atoms with Crippen LogP contribution in [0.3, 0.4) is 0 Å². The molecule has 0 atom stereocenters. The quantitative estimate of drug-likeness (QED) is 0.800. The second-order valence-electron chi connectivity index (χ2n) is 4.86. The van der Waals surface area contributed by atoms with Gasteiger partial charge in [-0.25, -0.2) is 4.39 Å². The fourth-order valence-electron chi connectivity index (χ4n) is 1.87. The van der Waals surface area contributed by atoms with E-state index in [2.05, 4.69) is 4.98 Å². The molecule has 0 aliphatic rings. The number of hydrogen-bond donors (Lipinski definition) is 0. The van der Waals surface area contributed by atoms with E-state index in [1.807, 2.05) is 13.8 Å². The van der Waals surface area contributed by atoms with Crippen molar-refractivity contribution in [1.82, 2.24) is 4.98 Å². The van der Waals surface area contributed by atoms with E-state index in [0.717, 1.165) is 5.56 Å². The molecule has 0 aliphatic carbocycles. The van der Waals surface area contributed by atoms with E-state index in [1.165, 1.54) is 18.3 Å². The minimum absolute atomic E-state index is 0.00180. The summed E-state index contributed by atoms with van der Waals surface area (Å²) in [5, 5.41) is 0. The Morgan fingerprint density at radius 3 is 2.70 bits per heavy atom. The summed E-state index contributed by atoms with van der Waals surface area (Å²) in [5.74, 6) is -0.162. The minimum atomic E-state index is -0.429. The summed E-state index contributed by atoms with van der Waals surface area (Å²) in [7, 11) is 0. The van der Waals surface area contributed by atoms with E-state index < -0.39 is 5.82 Å². The van der Waals surface area contributed by atoms with Gasteiger partial charge in [0.05, 0.1) is 12.3 Å². The molecule has 0 fully saturated rings. The molecule has 1 aromatic carbocycles. The topological polar surface area (TPSA) is 39.2 Å². The minimum Gasteiger partial charge on any atom is -0.489 e. The summed E-state index contributed by atoms with van der Waals surface area (Å²) in [4.78, 5) is 16.4. The molecule has 0 unspecified atom stereocenters. The SMILES string of the molecule is Cc1ccc(F)cc1C(=O)c1cncc(OC(C)C)c1. The summed E-state index contributed by atoms with van der Waals surface area (Å²) < 4.78 is 18.8. The Morgan fingerprint density at radius 1 is 1.25 bits per heavy atom. The molecule has 0 saturated heterocycles. The number of rotatable bonds is 4. The Hall–Kier alpha value is -2.23. The van der Waals surface area contributed by atoms with Gasteiger partial charge in [0, 0.05) is 17.3 Å². The summed E-state index contributed by atoms with van der Waals surface area (Å²) >= 11 is 0. The third-order valence-electron chi connectivity index (χ3n) is 2.79. The number of ketones is 1. The summed E-state index contributed by atoms with van der Waals surface area (Å²) in [6.07, 6.45) is 3.01. The van der Waals surface area contributed by atoms with Crippen LogP contribution in [0.4, 0.5) is 4.39 Å². The molecular formula is C16H16FNO2. The van der Waals surface area contributed by atoms with Crippen LogP contribution >= 0.6 is 0 Å². The zero-order chi connectivity index (χ0) is 14.7. The molecule has 3 nitrogen and oxygen atoms in total. The lowest BCUT2D eigenvalue weighted by molar-refractivity contribution is 0.103. The van der Waals surface area contributed by atoms with Crippen LogP contribution in [-0.2, 0) is 0 Å². The van der Waals surface area contributed by atoms with Gasteiger partial charge in [-0.1, -0.05) is 6.07 Å². The Bertz CT molecular complexity index is 638. The van der Waals surface area contributed by atoms with E-state index >= 15 is 0 Å². The molecule has 0 spiro atoms. The maximum atomic E-state index is 13.3. The third-order valence-corrected chi connectivity index (χ3v) is 2.79. The number of halogens is 1. The van der Waals surface area contributed by atoms with Crippen molar-refractivity contribution in [3.63, 3.8) is 0 Å². The molecule has 0 aliphatic heterocycles. The Labute approximate surface area is 117 Å². The van der Waals surface area contributed by atoms with Crippen LogP contribution in [0.15, 0.2) is 36.7 Å². The van der Waals surface area contributed by atoms with Crippen molar-refractivity contribution in [3.05, 3.63) is 59.2 Å². The van der Waals surface area contributed by atoms with Gasteiger partial charge in [0.25, 0.3) is 0 Å². The van der Waals surface area contributed by atoms with Gasteiger partial charge in [-0.2, -0.15) is 0 Å². The van der Waals surface area contributed by atoms with Crippen LogP contribution in [0.25, 0.3) is 0 Å². The molecule has 0 saturated carbocycles. The highest BCUT2D eigenvalue weighted by Crippen LogP contribution is 2.19. The second kappa shape index (κ2) is 5.82. The maximum Gasteiger partial charge on any atom is 0.195 e. The molecule has 0 N–H and O–H groups in total. The number of pyridine rings is 1. The number of nitrogens with zero attached hydrogens (tertiary/aromatic N) is 1. The van der Waals surface area contributed by atoms with Gasteiger partial charge < -0.3 is 4.74 Å². The van der Waals surface area contributed by atoms with Gasteiger partial charge in [-0.3, -0.25) is 9.78 Å². The number of aromatic nitrogens is 1. The fourth-order valence-corrected chi connectivity index (χ4v) is 1.87. The van der Waals surface area contributed by atoms with Gasteiger partial charge in [-0.05, 0) is 44.5 Å². The molecule has 0 radical (unpaired) electrons. The van der Waals surface area contributed by atoms with E-state index in [1.54, 1.807) is 25.3 Å². The van der Waals surface area contributed by atoms with E-state index in [4.69, 9.17) is 4.74 Å². The number of benzene rings is 1. The van der Waals surface area contributed by atoms with E-state index in [9.17, 15) is 9.18 Å². The number of ether oxygens (including phenoxy) is 1. The van der Waals surface area contributed by atoms with Crippen LogP contribution < -0.4 is 4.74 Å². The zero-order valence-electron chi connectivity index (χ0n) is 11.7. The summed E-state index contributed by atoms with van der Waals surface area (Å²) in [5.41, 5.74) is 1.46. The first kappa shape index (κ1) is 14.2. The summed E-state index contributed by atoms with van der Waals surface area (Å²) in [6, 6.07) is 5.79. The first-order valence-electron chi connectivity index (χ1n) is 6.40. The van der Waals surface area contributed by atoms with Crippen molar-refractivity contribution < 1.29 is 13.9 Å². The fraction of sp³-hybridized carbons (Fsp3) is 0.250. The Kier molecular flexibility index (Phi) is 4.13. The highest BCUT2D eigenvalue weighted by molar-refractivity contribution is 6.09. The smallest absolute Gasteiger partial charge is 0.195 e. The van der Waals surface area contributed by atoms with Crippen LogP contribution in [-0.4, -0.2) is 16.9 Å². The normalized spacial score (nSPS) is 10.7. The molecule has 2 aromatic rings. The summed E-state index contributed by atoms with van der Waals surface area (Å²) in [6.45, 7) is 5.56. The monoisotopic (exact) mass is 273 g/mol. The molecule has 2 rings (SSSR count). The van der Waals surface area contributed by atoms with Crippen molar-refractivity contribution in [2.75, 3.05) is 0 Å². The van der Waals surface area contributed by atoms with E-state index in [0.29, 0.717) is 16.9 Å². The van der Waals surface area contributed by atoms with Crippen molar-refractivity contribution in [2.24, 2.45) is 0 Å². The number of carbonyl (C=O) groups excluding carboxylic acids is 1. The predicted molar refractivity (Wildman–Crippen MR) is 74.6 cm³/mol. The predicted octanol–water partition coefficient (Wildman–Crippen LogP) is 3.55. The average molecular weight is 273 g/mol. The van der Waals surface area contributed by atoms with Crippen molar-refractivity contribution >= 4 is 5.78 Å². The van der Waals surface area contributed by atoms with Crippen LogP contribution in [0, 0.1) is 12.7 Å². The van der Waals surface area contributed by atoms with E-state index in [-0.39, 0.29) is 11.9 Å². The number of aryl methyl sites for hydroxylation is 1. The van der Waals surface area contributed by atoms with Gasteiger partial charge >= 0.3 is 0 Å². The molecule has 0 amide bonds. The lowest BCUT2D eigenvalue weighted by Crippen LogP contribution is -2.08. The first-order valence-corrected chi connectivity index (χ1v) is 6.40. The molecule has 4 heteroatoms. The zero-order valence-corrected chi connectivity index (χ0v) is 11.7. The third kappa shape index (κ3) is 3.20. The Balaban J connectivity index is 2.35. The highest BCUT2D eigenvalue weighted by Gasteiger charge is 2.14. The number of carbonyl (C=O) groups is 1. The van der Waals surface area contributed by atoms with Crippen molar-refractivity contribution in [3.8, 4) is 5.75 Å². The van der Waals surface area contributed by atoms with Gasteiger partial charge in [0.1, 0.15) is 11.6 Å². The van der Waals surface area contributed by atoms with Crippen LogP contribution in [0.2, 0.25) is 0 Å². The molecule has 0 bridgehead atoms. The molecule has 20 heavy (non-hydrogen) atoms. The standard InChI is InChI=1S/C16H16FNO2/c1-10(2)20-14-6-12(8-18-9-14)16(19)15-7-13(17)5-4-11(15)3/h4-10H,1-3H3. The molecule has 104 valence electrons. The van der Waals surface area contributed by atoms with Gasteiger partial charge in [0.2, 0.25) is 0 Å². The van der Waals surface area contributed by atoms with Crippen LogP contribution in [0.1, 0.15) is 35.3 Å². The molecule has 1 aromatic heterocycles. The first-order chi connectivity index (χ1) is 9.47. The highest BCUT2D eigenvalue weighted by atomic mass is 19.1. The number of hydrogen-bond acceptors (Lipinski definition) is 3. The largest absolute Gasteiger partial charge is 0.489 e. The molecular weight excluding hydrogens is 257 g/mol. The maximum absolute atomic E-state index is 13.3. The second-order valence-corrected chi connectivity index (χ2v) is 4.86. The van der Waals surface area contributed by atoms with Crippen LogP contribution in [0.5, 0.6) is 5.75 Å². The van der Waals surface area contributed by atoms with Crippen molar-refractivity contribution in [2.45, 2.75) is 26.9 Å². The molecule has 1 heterocycles.